The molecule has 28 heavy (non-hydrogen) atoms. The van der Waals surface area contributed by atoms with Crippen molar-refractivity contribution in [3.63, 3.8) is 0 Å². The van der Waals surface area contributed by atoms with Gasteiger partial charge in [0.25, 0.3) is 5.91 Å². The Bertz CT molecular complexity index is 809. The molecule has 1 atom stereocenters. The van der Waals surface area contributed by atoms with Crippen LogP contribution in [0.5, 0.6) is 5.75 Å². The van der Waals surface area contributed by atoms with Gasteiger partial charge in [-0.05, 0) is 63.5 Å². The highest BCUT2D eigenvalue weighted by molar-refractivity contribution is 5.95. The second kappa shape index (κ2) is 9.66. The van der Waals surface area contributed by atoms with Crippen molar-refractivity contribution in [3.05, 3.63) is 47.7 Å². The highest BCUT2D eigenvalue weighted by Gasteiger charge is 2.17. The molecule has 0 bridgehead atoms. The molecule has 150 valence electrons. The average molecular weight is 383 g/mol. The zero-order chi connectivity index (χ0) is 19.9. The van der Waals surface area contributed by atoms with Gasteiger partial charge in [-0.2, -0.15) is 0 Å². The number of pyridine rings is 1. The van der Waals surface area contributed by atoms with E-state index in [0.29, 0.717) is 17.9 Å². The largest absolute Gasteiger partial charge is 0.494 e. The van der Waals surface area contributed by atoms with Crippen molar-refractivity contribution in [1.82, 2.24) is 15.2 Å². The molecule has 1 aromatic heterocycles. The Hall–Kier alpha value is -2.44. The summed E-state index contributed by atoms with van der Waals surface area (Å²) in [7, 11) is 1.62. The van der Waals surface area contributed by atoms with E-state index in [1.165, 1.54) is 0 Å². The van der Waals surface area contributed by atoms with Crippen LogP contribution < -0.4 is 10.1 Å². The zero-order valence-corrected chi connectivity index (χ0v) is 16.6. The molecule has 1 fully saturated rings. The number of ether oxygens (including phenoxy) is 1. The minimum Gasteiger partial charge on any atom is -0.494 e. The van der Waals surface area contributed by atoms with E-state index in [4.69, 9.17) is 4.74 Å². The summed E-state index contributed by atoms with van der Waals surface area (Å²) in [6.07, 6.45) is 2.59. The van der Waals surface area contributed by atoms with Crippen LogP contribution in [0.2, 0.25) is 0 Å². The minimum absolute atomic E-state index is 0.0906. The van der Waals surface area contributed by atoms with E-state index in [1.807, 2.05) is 43.3 Å². The number of carbonyl (C=O) groups excluding carboxylic acids is 1. The van der Waals surface area contributed by atoms with Gasteiger partial charge in [-0.25, -0.2) is 4.98 Å². The summed E-state index contributed by atoms with van der Waals surface area (Å²) in [4.78, 5) is 19.4. The van der Waals surface area contributed by atoms with Gasteiger partial charge in [-0.1, -0.05) is 12.1 Å². The van der Waals surface area contributed by atoms with Crippen LogP contribution in [0, 0.1) is 6.92 Å². The quantitative estimate of drug-likeness (QED) is 0.719. The Kier molecular flexibility index (Phi) is 7.01. The van der Waals surface area contributed by atoms with Crippen molar-refractivity contribution >= 4 is 5.91 Å². The molecular formula is C22H29N3O3. The molecule has 0 saturated carbocycles. The van der Waals surface area contributed by atoms with E-state index in [9.17, 15) is 9.90 Å². The summed E-state index contributed by atoms with van der Waals surface area (Å²) in [5.41, 5.74) is 3.10. The first kappa shape index (κ1) is 20.3. The lowest BCUT2D eigenvalue weighted by Gasteiger charge is -2.29. The second-order valence-corrected chi connectivity index (χ2v) is 7.29. The van der Waals surface area contributed by atoms with Crippen LogP contribution in [0.1, 0.15) is 35.3 Å². The number of carbonyl (C=O) groups is 1. The van der Waals surface area contributed by atoms with Crippen LogP contribution in [0.25, 0.3) is 11.3 Å². The normalized spacial score (nSPS) is 17.3. The fourth-order valence-corrected chi connectivity index (χ4v) is 3.56. The monoisotopic (exact) mass is 383 g/mol. The first-order chi connectivity index (χ1) is 13.6. The van der Waals surface area contributed by atoms with Crippen molar-refractivity contribution in [2.45, 2.75) is 32.3 Å². The Balaban J connectivity index is 1.58. The maximum Gasteiger partial charge on any atom is 0.251 e. The molecule has 1 aliphatic rings. The number of amides is 1. The van der Waals surface area contributed by atoms with Gasteiger partial charge in [0.2, 0.25) is 0 Å². The van der Waals surface area contributed by atoms with E-state index >= 15 is 0 Å². The lowest BCUT2D eigenvalue weighted by atomic mass is 10.1. The molecule has 6 heteroatoms. The SMILES string of the molecule is COc1ccc(C)nc1-c1cccc(C(=O)NCCCN2CCC[C@@H](O)C2)c1. The first-order valence-electron chi connectivity index (χ1n) is 9.87. The number of aliphatic hydroxyl groups is 1. The van der Waals surface area contributed by atoms with E-state index in [1.54, 1.807) is 7.11 Å². The average Bonchev–Trinajstić information content (AvgIpc) is 2.71. The summed E-state index contributed by atoms with van der Waals surface area (Å²) in [6.45, 7) is 5.20. The highest BCUT2D eigenvalue weighted by atomic mass is 16.5. The fourth-order valence-electron chi connectivity index (χ4n) is 3.56. The lowest BCUT2D eigenvalue weighted by Crippen LogP contribution is -2.39. The van der Waals surface area contributed by atoms with Gasteiger partial charge in [0, 0.05) is 29.9 Å². The van der Waals surface area contributed by atoms with Gasteiger partial charge in [0.15, 0.2) is 0 Å². The zero-order valence-electron chi connectivity index (χ0n) is 16.6. The summed E-state index contributed by atoms with van der Waals surface area (Å²) < 4.78 is 5.41. The smallest absolute Gasteiger partial charge is 0.251 e. The molecule has 2 N–H and O–H groups in total. The van der Waals surface area contributed by atoms with Gasteiger partial charge >= 0.3 is 0 Å². The number of nitrogens with one attached hydrogen (secondary N) is 1. The molecule has 1 aromatic carbocycles. The lowest BCUT2D eigenvalue weighted by molar-refractivity contribution is 0.0697. The second-order valence-electron chi connectivity index (χ2n) is 7.29. The molecular weight excluding hydrogens is 354 g/mol. The maximum atomic E-state index is 12.5. The molecule has 1 saturated heterocycles. The third-order valence-electron chi connectivity index (χ3n) is 5.03. The summed E-state index contributed by atoms with van der Waals surface area (Å²) in [5, 5.41) is 12.7. The Labute approximate surface area is 166 Å². The van der Waals surface area contributed by atoms with Crippen molar-refractivity contribution in [3.8, 4) is 17.0 Å². The summed E-state index contributed by atoms with van der Waals surface area (Å²) in [5.74, 6) is 0.596. The van der Waals surface area contributed by atoms with Crippen molar-refractivity contribution in [2.75, 3.05) is 33.3 Å². The standard InChI is InChI=1S/C22H29N3O3/c1-16-9-10-20(28-2)21(24-16)17-6-3-7-18(14-17)22(27)23-11-5-13-25-12-4-8-19(26)15-25/h3,6-7,9-10,14,19,26H,4-5,8,11-13,15H2,1-2H3,(H,23,27)/t19-/m1/s1. The topological polar surface area (TPSA) is 74.7 Å². The number of piperidine rings is 1. The Morgan fingerprint density at radius 1 is 1.36 bits per heavy atom. The van der Waals surface area contributed by atoms with Crippen LogP contribution in [-0.2, 0) is 0 Å². The number of hydrogen-bond donors (Lipinski definition) is 2. The fraction of sp³-hybridized carbons (Fsp3) is 0.455. The van der Waals surface area contributed by atoms with Crippen LogP contribution in [-0.4, -0.2) is 60.3 Å². The van der Waals surface area contributed by atoms with Crippen molar-refractivity contribution < 1.29 is 14.6 Å². The molecule has 2 aromatic rings. The third kappa shape index (κ3) is 5.30. The number of nitrogens with zero attached hydrogens (tertiary/aromatic N) is 2. The van der Waals surface area contributed by atoms with Gasteiger partial charge in [-0.3, -0.25) is 4.79 Å². The number of aryl methyl sites for hydroxylation is 1. The molecule has 1 aliphatic heterocycles. The van der Waals surface area contributed by atoms with Crippen molar-refractivity contribution in [1.29, 1.82) is 0 Å². The molecule has 6 nitrogen and oxygen atoms in total. The van der Waals surface area contributed by atoms with Crippen molar-refractivity contribution in [2.24, 2.45) is 0 Å². The molecule has 0 aliphatic carbocycles. The number of methoxy groups -OCH3 is 1. The summed E-state index contributed by atoms with van der Waals surface area (Å²) in [6, 6.07) is 11.2. The third-order valence-corrected chi connectivity index (χ3v) is 5.03. The number of benzene rings is 1. The molecule has 0 spiro atoms. The number of aromatic nitrogens is 1. The molecule has 3 rings (SSSR count). The number of hydrogen-bond acceptors (Lipinski definition) is 5. The van der Waals surface area contributed by atoms with E-state index < -0.39 is 0 Å². The van der Waals surface area contributed by atoms with Crippen LogP contribution in [0.15, 0.2) is 36.4 Å². The predicted octanol–water partition coefficient (Wildman–Crippen LogP) is 2.64. The van der Waals surface area contributed by atoms with Crippen LogP contribution in [0.3, 0.4) is 0 Å². The molecule has 0 radical (unpaired) electrons. The molecule has 0 unspecified atom stereocenters. The number of aliphatic hydroxyl groups excluding tert-OH is 1. The first-order valence-corrected chi connectivity index (χ1v) is 9.87. The molecule has 1 amide bonds. The number of β-amino-alcohol motifs (C(OH)–C–C–N with tert-alkyl or cyclic N) is 1. The van der Waals surface area contributed by atoms with E-state index in [-0.39, 0.29) is 12.0 Å². The number of likely N-dealkylation sites (tertiary alicyclic amines) is 1. The maximum absolute atomic E-state index is 12.5. The van der Waals surface area contributed by atoms with Gasteiger partial charge in [-0.15, -0.1) is 0 Å². The van der Waals surface area contributed by atoms with Crippen LogP contribution in [0.4, 0.5) is 0 Å². The van der Waals surface area contributed by atoms with E-state index in [2.05, 4.69) is 15.2 Å². The Morgan fingerprint density at radius 3 is 3.00 bits per heavy atom. The Morgan fingerprint density at radius 2 is 2.21 bits per heavy atom. The van der Waals surface area contributed by atoms with Gasteiger partial charge in [0.1, 0.15) is 11.4 Å². The summed E-state index contributed by atoms with van der Waals surface area (Å²) >= 11 is 0. The highest BCUT2D eigenvalue weighted by Crippen LogP contribution is 2.28. The molecule has 2 heterocycles. The van der Waals surface area contributed by atoms with Crippen LogP contribution >= 0.6 is 0 Å². The minimum atomic E-state index is -0.210. The number of rotatable bonds is 7. The predicted molar refractivity (Wildman–Crippen MR) is 110 cm³/mol. The van der Waals surface area contributed by atoms with Gasteiger partial charge in [0.05, 0.1) is 13.2 Å². The van der Waals surface area contributed by atoms with Gasteiger partial charge < -0.3 is 20.1 Å². The van der Waals surface area contributed by atoms with E-state index in [0.717, 1.165) is 55.8 Å².